The van der Waals surface area contributed by atoms with Crippen LogP contribution in [0.3, 0.4) is 0 Å². The molecule has 1 aliphatic rings. The molecule has 2 rings (SSSR count). The summed E-state index contributed by atoms with van der Waals surface area (Å²) in [5.74, 6) is -1.02. The van der Waals surface area contributed by atoms with Crippen LogP contribution in [0.25, 0.3) is 0 Å². The van der Waals surface area contributed by atoms with E-state index in [4.69, 9.17) is 4.74 Å². The highest BCUT2D eigenvalue weighted by Crippen LogP contribution is 2.21. The number of rotatable bonds is 4. The van der Waals surface area contributed by atoms with Gasteiger partial charge in [0.25, 0.3) is 0 Å². The van der Waals surface area contributed by atoms with Crippen LogP contribution in [0.1, 0.15) is 18.4 Å². The average molecular weight is 293 g/mol. The van der Waals surface area contributed by atoms with Gasteiger partial charge in [-0.05, 0) is 17.7 Å². The first-order valence-corrected chi connectivity index (χ1v) is 6.77. The molecule has 0 saturated carbocycles. The highest BCUT2D eigenvalue weighted by Gasteiger charge is 2.42. The third kappa shape index (κ3) is 3.69. The van der Waals surface area contributed by atoms with E-state index in [1.54, 1.807) is 19.4 Å². The Morgan fingerprint density at radius 2 is 2.00 bits per heavy atom. The zero-order valence-electron chi connectivity index (χ0n) is 11.9. The number of amides is 2. The summed E-state index contributed by atoms with van der Waals surface area (Å²) in [4.78, 5) is 29.1. The monoisotopic (exact) mass is 293 g/mol. The van der Waals surface area contributed by atoms with Crippen LogP contribution in [0.4, 0.5) is 4.79 Å². The molecule has 0 unspecified atom stereocenters. The van der Waals surface area contributed by atoms with Gasteiger partial charge in [0, 0.05) is 52.0 Å². The van der Waals surface area contributed by atoms with Crippen molar-refractivity contribution in [2.75, 3.05) is 20.3 Å². The molecule has 114 valence electrons. The van der Waals surface area contributed by atoms with Crippen LogP contribution in [0.5, 0.6) is 0 Å². The summed E-state index contributed by atoms with van der Waals surface area (Å²) in [6.45, 7) is 1.06. The zero-order valence-corrected chi connectivity index (χ0v) is 11.9. The van der Waals surface area contributed by atoms with Gasteiger partial charge in [0.2, 0.25) is 0 Å². The van der Waals surface area contributed by atoms with E-state index in [0.717, 1.165) is 5.56 Å². The van der Waals surface area contributed by atoms with Gasteiger partial charge in [-0.2, -0.15) is 0 Å². The Bertz CT molecular complexity index is 500. The number of aromatic nitrogens is 1. The lowest BCUT2D eigenvalue weighted by Gasteiger charge is -2.35. The van der Waals surface area contributed by atoms with E-state index in [2.05, 4.69) is 10.3 Å². The van der Waals surface area contributed by atoms with Gasteiger partial charge in [0.1, 0.15) is 5.54 Å². The highest BCUT2D eigenvalue weighted by molar-refractivity contribution is 5.86. The second-order valence-corrected chi connectivity index (χ2v) is 5.14. The quantitative estimate of drug-likeness (QED) is 0.859. The number of carboxylic acid groups (broad SMARTS) is 1. The molecule has 1 fully saturated rings. The van der Waals surface area contributed by atoms with Crippen molar-refractivity contribution in [3.05, 3.63) is 30.1 Å². The molecule has 0 radical (unpaired) electrons. The van der Waals surface area contributed by atoms with Crippen LogP contribution >= 0.6 is 0 Å². The molecule has 7 nitrogen and oxygen atoms in total. The number of hydrogen-bond acceptors (Lipinski definition) is 4. The van der Waals surface area contributed by atoms with Crippen molar-refractivity contribution in [2.24, 2.45) is 0 Å². The SMILES string of the molecule is CN(Cc1ccncc1)C(=O)NC1(C(=O)O)CCOCC1. The van der Waals surface area contributed by atoms with Crippen LogP contribution < -0.4 is 5.32 Å². The van der Waals surface area contributed by atoms with Crippen molar-refractivity contribution in [1.82, 2.24) is 15.2 Å². The fraction of sp³-hybridized carbons (Fsp3) is 0.500. The minimum Gasteiger partial charge on any atom is -0.480 e. The van der Waals surface area contributed by atoms with Gasteiger partial charge in [0.05, 0.1) is 0 Å². The van der Waals surface area contributed by atoms with E-state index in [9.17, 15) is 14.7 Å². The molecule has 1 saturated heterocycles. The summed E-state index contributed by atoms with van der Waals surface area (Å²) < 4.78 is 5.18. The first-order valence-electron chi connectivity index (χ1n) is 6.77. The van der Waals surface area contributed by atoms with Gasteiger partial charge in [-0.1, -0.05) is 0 Å². The molecule has 7 heteroatoms. The molecule has 0 spiro atoms. The number of aliphatic carboxylic acids is 1. The number of urea groups is 1. The summed E-state index contributed by atoms with van der Waals surface area (Å²) in [6.07, 6.45) is 3.85. The highest BCUT2D eigenvalue weighted by atomic mass is 16.5. The van der Waals surface area contributed by atoms with Crippen molar-refractivity contribution in [1.29, 1.82) is 0 Å². The minimum absolute atomic E-state index is 0.275. The molecule has 21 heavy (non-hydrogen) atoms. The van der Waals surface area contributed by atoms with Crippen molar-refractivity contribution in [3.63, 3.8) is 0 Å². The fourth-order valence-electron chi connectivity index (χ4n) is 2.25. The Hall–Kier alpha value is -2.15. The number of carbonyl (C=O) groups excluding carboxylic acids is 1. The van der Waals surface area contributed by atoms with Gasteiger partial charge >= 0.3 is 12.0 Å². The van der Waals surface area contributed by atoms with Crippen molar-refractivity contribution >= 4 is 12.0 Å². The smallest absolute Gasteiger partial charge is 0.329 e. The summed E-state index contributed by atoms with van der Waals surface area (Å²) in [7, 11) is 1.63. The van der Waals surface area contributed by atoms with E-state index in [-0.39, 0.29) is 12.8 Å². The largest absolute Gasteiger partial charge is 0.480 e. The summed E-state index contributed by atoms with van der Waals surface area (Å²) in [6, 6.07) is 3.22. The normalized spacial score (nSPS) is 17.0. The molecule has 2 N–H and O–H groups in total. The van der Waals surface area contributed by atoms with Gasteiger partial charge < -0.3 is 20.1 Å². The average Bonchev–Trinajstić information content (AvgIpc) is 2.49. The lowest BCUT2D eigenvalue weighted by Crippen LogP contribution is -2.59. The van der Waals surface area contributed by atoms with Crippen molar-refractivity contribution < 1.29 is 19.4 Å². The molecule has 0 atom stereocenters. The predicted molar refractivity (Wildman–Crippen MR) is 74.7 cm³/mol. The number of ether oxygens (including phenoxy) is 1. The molecule has 1 aromatic rings. The van der Waals surface area contributed by atoms with E-state index in [1.807, 2.05) is 12.1 Å². The second kappa shape index (κ2) is 6.53. The first-order chi connectivity index (χ1) is 10.0. The molecule has 2 heterocycles. The third-order valence-electron chi connectivity index (χ3n) is 3.62. The molecule has 1 aromatic heterocycles. The lowest BCUT2D eigenvalue weighted by molar-refractivity contribution is -0.148. The van der Waals surface area contributed by atoms with Crippen LogP contribution in [0, 0.1) is 0 Å². The Morgan fingerprint density at radius 1 is 1.38 bits per heavy atom. The topological polar surface area (TPSA) is 91.8 Å². The molecule has 0 bridgehead atoms. The molecule has 2 amide bonds. The molecular weight excluding hydrogens is 274 g/mol. The van der Waals surface area contributed by atoms with E-state index < -0.39 is 17.5 Å². The maximum Gasteiger partial charge on any atom is 0.329 e. The number of pyridine rings is 1. The van der Waals surface area contributed by atoms with Gasteiger partial charge in [-0.25, -0.2) is 9.59 Å². The van der Waals surface area contributed by atoms with E-state index in [1.165, 1.54) is 4.90 Å². The fourth-order valence-corrected chi connectivity index (χ4v) is 2.25. The van der Waals surface area contributed by atoms with Crippen LogP contribution in [-0.4, -0.2) is 52.8 Å². The number of carboxylic acids is 1. The second-order valence-electron chi connectivity index (χ2n) is 5.14. The molecule has 0 aliphatic carbocycles. The summed E-state index contributed by atoms with van der Waals surface area (Å²) in [5, 5.41) is 12.1. The Morgan fingerprint density at radius 3 is 2.57 bits per heavy atom. The van der Waals surface area contributed by atoms with Gasteiger partial charge in [-0.15, -0.1) is 0 Å². The first kappa shape index (κ1) is 15.2. The lowest BCUT2D eigenvalue weighted by atomic mass is 9.90. The summed E-state index contributed by atoms with van der Waals surface area (Å²) in [5.41, 5.74) is -0.305. The zero-order chi connectivity index (χ0) is 15.3. The Balaban J connectivity index is 2.00. The molecule has 0 aromatic carbocycles. The standard InChI is InChI=1S/C14H19N3O4/c1-17(10-11-2-6-15-7-3-11)13(20)16-14(12(18)19)4-8-21-9-5-14/h2-3,6-7H,4-5,8-10H2,1H3,(H,16,20)(H,18,19). The molecular formula is C14H19N3O4. The number of nitrogens with one attached hydrogen (secondary N) is 1. The maximum absolute atomic E-state index is 12.2. The predicted octanol–water partition coefficient (Wildman–Crippen LogP) is 0.857. The van der Waals surface area contributed by atoms with E-state index in [0.29, 0.717) is 19.8 Å². The van der Waals surface area contributed by atoms with Crippen molar-refractivity contribution in [2.45, 2.75) is 24.9 Å². The maximum atomic E-state index is 12.2. The van der Waals surface area contributed by atoms with Gasteiger partial charge in [0.15, 0.2) is 0 Å². The van der Waals surface area contributed by atoms with Crippen molar-refractivity contribution in [3.8, 4) is 0 Å². The van der Waals surface area contributed by atoms with Gasteiger partial charge in [-0.3, -0.25) is 4.98 Å². The van der Waals surface area contributed by atoms with Crippen LogP contribution in [0.15, 0.2) is 24.5 Å². The third-order valence-corrected chi connectivity index (χ3v) is 3.62. The Kier molecular flexibility index (Phi) is 4.74. The Labute approximate surface area is 122 Å². The molecule has 1 aliphatic heterocycles. The number of carbonyl (C=O) groups is 2. The van der Waals surface area contributed by atoms with Crippen LogP contribution in [0.2, 0.25) is 0 Å². The number of nitrogens with zero attached hydrogens (tertiary/aromatic N) is 2. The summed E-state index contributed by atoms with van der Waals surface area (Å²) >= 11 is 0. The number of hydrogen-bond donors (Lipinski definition) is 2. The minimum atomic E-state index is -1.23. The van der Waals surface area contributed by atoms with Crippen LogP contribution in [-0.2, 0) is 16.1 Å². The van der Waals surface area contributed by atoms with E-state index >= 15 is 0 Å².